The molecule has 1 amide bonds. The lowest BCUT2D eigenvalue weighted by atomic mass is 9.98. The number of thiophene rings is 1. The van der Waals surface area contributed by atoms with Gasteiger partial charge in [-0.2, -0.15) is 0 Å². The molecule has 35 heavy (non-hydrogen) atoms. The van der Waals surface area contributed by atoms with Crippen LogP contribution >= 0.6 is 22.7 Å². The molecule has 176 valence electrons. The lowest BCUT2D eigenvalue weighted by molar-refractivity contribution is -0.132. The SMILES string of the molecule is CC(C)c1ccc2nc(N3C(=O)C(=O)/C(=C(/O)c4ccc5c(c4)CCO5)C3c3cccs3)sc2c1. The van der Waals surface area contributed by atoms with Crippen molar-refractivity contribution < 1.29 is 19.4 Å². The zero-order valence-electron chi connectivity index (χ0n) is 19.1. The number of ether oxygens (including phenoxy) is 1. The third-order valence-electron chi connectivity index (χ3n) is 6.49. The third-order valence-corrected chi connectivity index (χ3v) is 8.44. The Morgan fingerprint density at radius 2 is 2.03 bits per heavy atom. The van der Waals surface area contributed by atoms with Crippen molar-refractivity contribution in [1.29, 1.82) is 0 Å². The van der Waals surface area contributed by atoms with E-state index < -0.39 is 17.7 Å². The molecule has 2 aliphatic rings. The number of aliphatic hydroxyl groups excluding tert-OH is 1. The summed E-state index contributed by atoms with van der Waals surface area (Å²) in [6.45, 7) is 4.85. The van der Waals surface area contributed by atoms with Crippen LogP contribution in [0.3, 0.4) is 0 Å². The van der Waals surface area contributed by atoms with Crippen molar-refractivity contribution in [3.05, 3.63) is 81.1 Å². The highest BCUT2D eigenvalue weighted by molar-refractivity contribution is 7.22. The molecule has 0 aliphatic carbocycles. The Balaban J connectivity index is 1.50. The molecule has 2 aliphatic heterocycles. The van der Waals surface area contributed by atoms with Crippen LogP contribution in [0.5, 0.6) is 5.75 Å². The van der Waals surface area contributed by atoms with E-state index in [0.717, 1.165) is 32.8 Å². The number of rotatable bonds is 4. The normalized spacial score (nSPS) is 19.1. The first-order valence-corrected chi connectivity index (χ1v) is 13.1. The molecule has 2 aromatic heterocycles. The molecule has 1 fully saturated rings. The summed E-state index contributed by atoms with van der Waals surface area (Å²) in [7, 11) is 0. The number of anilines is 1. The molecule has 2 aromatic carbocycles. The van der Waals surface area contributed by atoms with Gasteiger partial charge in [0.2, 0.25) is 0 Å². The van der Waals surface area contributed by atoms with Crippen LogP contribution in [0.1, 0.15) is 47.4 Å². The van der Waals surface area contributed by atoms with E-state index in [0.29, 0.717) is 23.2 Å². The molecule has 1 unspecified atom stereocenters. The van der Waals surface area contributed by atoms with Gasteiger partial charge in [0.05, 0.1) is 22.4 Å². The molecular formula is C27H22N2O4S2. The lowest BCUT2D eigenvalue weighted by Gasteiger charge is -2.21. The first-order chi connectivity index (χ1) is 16.9. The van der Waals surface area contributed by atoms with Crippen molar-refractivity contribution in [3.8, 4) is 5.75 Å². The highest BCUT2D eigenvalue weighted by Gasteiger charge is 2.48. The van der Waals surface area contributed by atoms with Gasteiger partial charge in [0.25, 0.3) is 5.78 Å². The van der Waals surface area contributed by atoms with E-state index >= 15 is 0 Å². The molecule has 4 heterocycles. The number of carbonyl (C=O) groups is 2. The molecular weight excluding hydrogens is 480 g/mol. The smallest absolute Gasteiger partial charge is 0.301 e. The minimum absolute atomic E-state index is 0.0819. The van der Waals surface area contributed by atoms with Crippen LogP contribution in [0.4, 0.5) is 5.13 Å². The summed E-state index contributed by atoms with van der Waals surface area (Å²) in [5, 5.41) is 13.7. The number of benzene rings is 2. The molecule has 1 atom stereocenters. The second-order valence-corrected chi connectivity index (χ2v) is 11.0. The Morgan fingerprint density at radius 3 is 2.80 bits per heavy atom. The molecule has 0 spiro atoms. The van der Waals surface area contributed by atoms with Crippen molar-refractivity contribution in [2.45, 2.75) is 32.2 Å². The quantitative estimate of drug-likeness (QED) is 0.209. The number of fused-ring (bicyclic) bond motifs is 2. The molecule has 4 aromatic rings. The summed E-state index contributed by atoms with van der Waals surface area (Å²) < 4.78 is 6.53. The van der Waals surface area contributed by atoms with E-state index in [1.165, 1.54) is 33.1 Å². The number of nitrogens with zero attached hydrogens (tertiary/aromatic N) is 2. The van der Waals surface area contributed by atoms with Crippen LogP contribution < -0.4 is 9.64 Å². The van der Waals surface area contributed by atoms with E-state index in [9.17, 15) is 14.7 Å². The minimum Gasteiger partial charge on any atom is -0.507 e. The Labute approximate surface area is 210 Å². The first-order valence-electron chi connectivity index (χ1n) is 11.4. The topological polar surface area (TPSA) is 79.7 Å². The van der Waals surface area contributed by atoms with E-state index in [-0.39, 0.29) is 11.3 Å². The van der Waals surface area contributed by atoms with Gasteiger partial charge >= 0.3 is 5.91 Å². The minimum atomic E-state index is -0.746. The zero-order valence-corrected chi connectivity index (χ0v) is 20.8. The van der Waals surface area contributed by atoms with Gasteiger partial charge in [-0.1, -0.05) is 37.3 Å². The highest BCUT2D eigenvalue weighted by Crippen LogP contribution is 2.46. The Bertz CT molecular complexity index is 1520. The van der Waals surface area contributed by atoms with Crippen molar-refractivity contribution in [2.75, 3.05) is 11.5 Å². The largest absolute Gasteiger partial charge is 0.507 e. The van der Waals surface area contributed by atoms with E-state index in [1.807, 2.05) is 35.7 Å². The number of hydrogen-bond acceptors (Lipinski definition) is 7. The van der Waals surface area contributed by atoms with Gasteiger partial charge in [0, 0.05) is 16.9 Å². The number of aromatic nitrogens is 1. The second-order valence-electron chi connectivity index (χ2n) is 8.98. The summed E-state index contributed by atoms with van der Waals surface area (Å²) >= 11 is 2.82. The maximum atomic E-state index is 13.4. The van der Waals surface area contributed by atoms with Crippen molar-refractivity contribution in [1.82, 2.24) is 4.98 Å². The van der Waals surface area contributed by atoms with Gasteiger partial charge in [-0.15, -0.1) is 11.3 Å². The zero-order chi connectivity index (χ0) is 24.3. The molecule has 8 heteroatoms. The number of carbonyl (C=O) groups excluding carboxylic acids is 2. The van der Waals surface area contributed by atoms with Gasteiger partial charge in [-0.05, 0) is 58.8 Å². The van der Waals surface area contributed by atoms with Crippen LogP contribution in [0, 0.1) is 0 Å². The van der Waals surface area contributed by atoms with Gasteiger partial charge in [-0.3, -0.25) is 14.5 Å². The third kappa shape index (κ3) is 3.56. The predicted octanol–water partition coefficient (Wildman–Crippen LogP) is 6.04. The molecule has 1 saturated heterocycles. The fourth-order valence-electron chi connectivity index (χ4n) is 4.63. The summed E-state index contributed by atoms with van der Waals surface area (Å²) in [4.78, 5) is 33.7. The van der Waals surface area contributed by atoms with Crippen LogP contribution in [-0.4, -0.2) is 28.4 Å². The number of amides is 1. The van der Waals surface area contributed by atoms with Crippen LogP contribution in [0.25, 0.3) is 16.0 Å². The van der Waals surface area contributed by atoms with Crippen LogP contribution in [-0.2, 0) is 16.0 Å². The number of aliphatic hydroxyl groups is 1. The van der Waals surface area contributed by atoms with Crippen molar-refractivity contribution in [3.63, 3.8) is 0 Å². The van der Waals surface area contributed by atoms with Gasteiger partial charge in [-0.25, -0.2) is 4.98 Å². The Kier molecular flexibility index (Phi) is 5.23. The maximum absolute atomic E-state index is 13.4. The standard InChI is InChI=1S/C27H22N2O4S2/c1-14(2)15-5-7-18-21(13-15)35-27(28-18)29-23(20-4-3-11-34-20)22(25(31)26(29)32)24(30)17-6-8-19-16(12-17)9-10-33-19/h3-8,11-14,23,30H,9-10H2,1-2H3/b24-22+. The molecule has 1 N–H and O–H groups in total. The van der Waals surface area contributed by atoms with E-state index in [1.54, 1.807) is 12.1 Å². The van der Waals surface area contributed by atoms with E-state index in [2.05, 4.69) is 19.9 Å². The average Bonchev–Trinajstić information content (AvgIpc) is 3.64. The van der Waals surface area contributed by atoms with Gasteiger partial charge in [0.1, 0.15) is 17.6 Å². The molecule has 6 nitrogen and oxygen atoms in total. The fourth-order valence-corrected chi connectivity index (χ4v) is 6.49. The second kappa shape index (κ2) is 8.32. The van der Waals surface area contributed by atoms with E-state index in [4.69, 9.17) is 9.72 Å². The van der Waals surface area contributed by atoms with Crippen molar-refractivity contribution in [2.24, 2.45) is 0 Å². The summed E-state index contributed by atoms with van der Waals surface area (Å²) in [6.07, 6.45) is 0.739. The predicted molar refractivity (Wildman–Crippen MR) is 138 cm³/mol. The average molecular weight is 503 g/mol. The van der Waals surface area contributed by atoms with Crippen LogP contribution in [0.15, 0.2) is 59.5 Å². The Morgan fingerprint density at radius 1 is 1.17 bits per heavy atom. The molecule has 0 saturated carbocycles. The number of ketones is 1. The number of hydrogen-bond donors (Lipinski definition) is 1. The van der Waals surface area contributed by atoms with Gasteiger partial charge < -0.3 is 9.84 Å². The molecule has 6 rings (SSSR count). The van der Waals surface area contributed by atoms with Crippen molar-refractivity contribution >= 4 is 55.5 Å². The highest BCUT2D eigenvalue weighted by atomic mass is 32.1. The number of Topliss-reactive ketones (excluding diaryl/α,β-unsaturated/α-hetero) is 1. The Hall–Kier alpha value is -3.49. The first kappa shape index (κ1) is 22.0. The van der Waals surface area contributed by atoms with Crippen LogP contribution in [0.2, 0.25) is 0 Å². The maximum Gasteiger partial charge on any atom is 0.301 e. The fraction of sp³-hybridized carbons (Fsp3) is 0.222. The summed E-state index contributed by atoms with van der Waals surface area (Å²) in [6, 6.07) is 14.4. The summed E-state index contributed by atoms with van der Waals surface area (Å²) in [5.74, 6) is -0.422. The monoisotopic (exact) mass is 502 g/mol. The van der Waals surface area contributed by atoms with Gasteiger partial charge in [0.15, 0.2) is 5.13 Å². The molecule has 0 bridgehead atoms. The number of thiazole rings is 1. The lowest BCUT2D eigenvalue weighted by Crippen LogP contribution is -2.28. The summed E-state index contributed by atoms with van der Waals surface area (Å²) in [5.41, 5.74) is 3.52. The molecule has 0 radical (unpaired) electrons.